The molecule has 5 heteroatoms. The number of halogens is 1. The molecule has 0 unspecified atom stereocenters. The first-order valence-corrected chi connectivity index (χ1v) is 3.43. The van der Waals surface area contributed by atoms with Gasteiger partial charge in [-0.1, -0.05) is 0 Å². The summed E-state index contributed by atoms with van der Waals surface area (Å²) in [4.78, 5) is 18.8. The molecule has 0 radical (unpaired) electrons. The van der Waals surface area contributed by atoms with Crippen molar-refractivity contribution in [3.63, 3.8) is 0 Å². The lowest BCUT2D eigenvalue weighted by Gasteiger charge is -2.03. The topological polar surface area (TPSA) is 55.8 Å². The van der Waals surface area contributed by atoms with Gasteiger partial charge >= 0.3 is 5.97 Å². The number of phenolic OH excluding ortho intramolecular Hbond substituents is 1. The summed E-state index contributed by atoms with van der Waals surface area (Å²) in [6.45, 7) is 1.14. The van der Waals surface area contributed by atoms with Gasteiger partial charge in [-0.3, -0.25) is 9.78 Å². The van der Waals surface area contributed by atoms with E-state index in [0.29, 0.717) is 0 Å². The average molecular weight is 186 g/mol. The summed E-state index contributed by atoms with van der Waals surface area (Å²) in [7, 11) is 0. The van der Waals surface area contributed by atoms with E-state index in [1.807, 2.05) is 0 Å². The molecular formula is C8H7FO4. The fraction of sp³-hybridized carbons (Fsp3) is 0.125. The lowest BCUT2D eigenvalue weighted by Crippen LogP contribution is -2.02. The molecule has 4 nitrogen and oxygen atoms in total. The quantitative estimate of drug-likeness (QED) is 0.560. The largest absolute Gasteiger partial charge is 0.504 e. The fourth-order valence-electron chi connectivity index (χ4n) is 0.665. The minimum Gasteiger partial charge on any atom is -0.504 e. The second-order valence-electron chi connectivity index (χ2n) is 2.27. The van der Waals surface area contributed by atoms with Crippen LogP contribution in [0, 0.1) is 5.82 Å². The highest BCUT2D eigenvalue weighted by molar-refractivity contribution is 5.65. The molecular weight excluding hydrogens is 179 g/mol. The van der Waals surface area contributed by atoms with Crippen molar-refractivity contribution in [1.29, 1.82) is 0 Å². The number of aromatic hydroxyl groups is 1. The van der Waals surface area contributed by atoms with Gasteiger partial charge in [-0.15, -0.1) is 0 Å². The highest BCUT2D eigenvalue weighted by atomic mass is 19.1. The van der Waals surface area contributed by atoms with Gasteiger partial charge in [-0.05, 0) is 12.1 Å². The van der Waals surface area contributed by atoms with E-state index in [2.05, 4.69) is 9.78 Å². The summed E-state index contributed by atoms with van der Waals surface area (Å²) < 4.78 is 12.4. The zero-order chi connectivity index (χ0) is 9.84. The van der Waals surface area contributed by atoms with Crippen LogP contribution in [0.25, 0.3) is 0 Å². The van der Waals surface area contributed by atoms with Crippen molar-refractivity contribution in [2.45, 2.75) is 6.92 Å². The van der Waals surface area contributed by atoms with Crippen molar-refractivity contribution >= 4 is 5.97 Å². The molecule has 0 atom stereocenters. The highest BCUT2D eigenvalue weighted by Gasteiger charge is 2.05. The monoisotopic (exact) mass is 186 g/mol. The molecule has 0 aromatic heterocycles. The average Bonchev–Trinajstić information content (AvgIpc) is 2.02. The number of carbonyl (C=O) groups excluding carboxylic acids is 1. The standard InChI is InChI=1S/C8H7FO4/c1-5(10)12-13-8-3-2-6(9)4-7(8)11/h2-4,11H,1H3. The summed E-state index contributed by atoms with van der Waals surface area (Å²) in [5, 5.41) is 9.05. The molecule has 0 fully saturated rings. The van der Waals surface area contributed by atoms with Crippen molar-refractivity contribution in [2.24, 2.45) is 0 Å². The summed E-state index contributed by atoms with van der Waals surface area (Å²) >= 11 is 0. The lowest BCUT2D eigenvalue weighted by atomic mass is 10.3. The zero-order valence-corrected chi connectivity index (χ0v) is 6.78. The molecule has 0 bridgehead atoms. The summed E-state index contributed by atoms with van der Waals surface area (Å²) in [5.41, 5.74) is 0. The maximum absolute atomic E-state index is 12.4. The van der Waals surface area contributed by atoms with Crippen molar-refractivity contribution in [3.8, 4) is 11.5 Å². The van der Waals surface area contributed by atoms with Gasteiger partial charge in [0.15, 0.2) is 5.75 Å². The van der Waals surface area contributed by atoms with E-state index in [9.17, 15) is 9.18 Å². The van der Waals surface area contributed by atoms with Crippen molar-refractivity contribution in [2.75, 3.05) is 0 Å². The first-order valence-electron chi connectivity index (χ1n) is 3.43. The number of benzene rings is 1. The molecule has 1 rings (SSSR count). The fourth-order valence-corrected chi connectivity index (χ4v) is 0.665. The molecule has 0 amide bonds. The maximum Gasteiger partial charge on any atom is 0.352 e. The van der Waals surface area contributed by atoms with Crippen LogP contribution in [0.1, 0.15) is 6.92 Å². The molecule has 0 aliphatic rings. The Labute approximate surface area is 73.4 Å². The van der Waals surface area contributed by atoms with Crippen LogP contribution in [-0.4, -0.2) is 11.1 Å². The van der Waals surface area contributed by atoms with Crippen LogP contribution in [0.5, 0.6) is 11.5 Å². The Morgan fingerprint density at radius 2 is 2.23 bits per heavy atom. The summed E-state index contributed by atoms with van der Waals surface area (Å²) in [6, 6.07) is 3.06. The van der Waals surface area contributed by atoms with Crippen LogP contribution >= 0.6 is 0 Å². The van der Waals surface area contributed by atoms with Crippen molar-refractivity contribution in [1.82, 2.24) is 0 Å². The van der Waals surface area contributed by atoms with Gasteiger partial charge < -0.3 is 5.11 Å². The van der Waals surface area contributed by atoms with Gasteiger partial charge in [0.05, 0.1) is 0 Å². The minimum absolute atomic E-state index is 0.114. The molecule has 13 heavy (non-hydrogen) atoms. The third-order valence-corrected chi connectivity index (χ3v) is 1.17. The number of hydrogen-bond acceptors (Lipinski definition) is 4. The Kier molecular flexibility index (Phi) is 2.69. The normalized spacial score (nSPS) is 9.38. The lowest BCUT2D eigenvalue weighted by molar-refractivity contribution is -0.211. The van der Waals surface area contributed by atoms with Crippen LogP contribution in [0.3, 0.4) is 0 Å². The second-order valence-corrected chi connectivity index (χ2v) is 2.27. The zero-order valence-electron chi connectivity index (χ0n) is 6.78. The molecule has 1 N–H and O–H groups in total. The van der Waals surface area contributed by atoms with E-state index in [-0.39, 0.29) is 5.75 Å². The molecule has 1 aromatic rings. The Morgan fingerprint density at radius 1 is 1.54 bits per heavy atom. The molecule has 0 saturated carbocycles. The molecule has 0 spiro atoms. The van der Waals surface area contributed by atoms with Gasteiger partial charge in [0.1, 0.15) is 5.82 Å². The van der Waals surface area contributed by atoms with E-state index < -0.39 is 17.5 Å². The number of rotatable bonds is 2. The third-order valence-electron chi connectivity index (χ3n) is 1.17. The van der Waals surface area contributed by atoms with Gasteiger partial charge in [-0.25, -0.2) is 9.18 Å². The Bertz CT molecular complexity index is 324. The minimum atomic E-state index is -0.663. The number of carbonyl (C=O) groups is 1. The van der Waals surface area contributed by atoms with E-state index in [1.165, 1.54) is 0 Å². The molecule has 70 valence electrons. The number of hydrogen-bond donors (Lipinski definition) is 1. The smallest absolute Gasteiger partial charge is 0.352 e. The van der Waals surface area contributed by atoms with Gasteiger partial charge in [-0.2, -0.15) is 0 Å². The van der Waals surface area contributed by atoms with Crippen LogP contribution in [0.15, 0.2) is 18.2 Å². The van der Waals surface area contributed by atoms with E-state index in [4.69, 9.17) is 5.11 Å². The Morgan fingerprint density at radius 3 is 2.77 bits per heavy atom. The summed E-state index contributed by atoms with van der Waals surface area (Å²) in [5.74, 6) is -1.81. The van der Waals surface area contributed by atoms with E-state index in [0.717, 1.165) is 25.1 Å². The van der Waals surface area contributed by atoms with Crippen LogP contribution < -0.4 is 4.89 Å². The predicted octanol–water partition coefficient (Wildman–Crippen LogP) is 1.39. The van der Waals surface area contributed by atoms with Crippen molar-refractivity contribution < 1.29 is 24.1 Å². The van der Waals surface area contributed by atoms with Crippen LogP contribution in [0.2, 0.25) is 0 Å². The van der Waals surface area contributed by atoms with Crippen LogP contribution in [0.4, 0.5) is 4.39 Å². The molecule has 0 aliphatic carbocycles. The molecule has 1 aromatic carbocycles. The van der Waals surface area contributed by atoms with Crippen LogP contribution in [-0.2, 0) is 9.68 Å². The predicted molar refractivity (Wildman–Crippen MR) is 40.5 cm³/mol. The van der Waals surface area contributed by atoms with Crippen molar-refractivity contribution in [3.05, 3.63) is 24.0 Å². The van der Waals surface area contributed by atoms with Gasteiger partial charge in [0, 0.05) is 13.0 Å². The highest BCUT2D eigenvalue weighted by Crippen LogP contribution is 2.26. The Hall–Kier alpha value is -1.78. The van der Waals surface area contributed by atoms with E-state index >= 15 is 0 Å². The second kappa shape index (κ2) is 3.75. The summed E-state index contributed by atoms with van der Waals surface area (Å²) in [6.07, 6.45) is 0. The SMILES string of the molecule is CC(=O)OOc1ccc(F)cc1O. The number of phenols is 1. The Balaban J connectivity index is 2.72. The molecule has 0 aliphatic heterocycles. The van der Waals surface area contributed by atoms with E-state index in [1.54, 1.807) is 0 Å². The maximum atomic E-state index is 12.4. The molecule has 0 heterocycles. The third kappa shape index (κ3) is 2.62. The van der Waals surface area contributed by atoms with Gasteiger partial charge in [0.2, 0.25) is 5.75 Å². The first kappa shape index (κ1) is 9.31. The van der Waals surface area contributed by atoms with Gasteiger partial charge in [0.25, 0.3) is 0 Å². The first-order chi connectivity index (χ1) is 6.09. The molecule has 0 saturated heterocycles.